The molecule has 1 atom stereocenters. The number of ether oxygens (including phenoxy) is 1. The van der Waals surface area contributed by atoms with Crippen LogP contribution in [0.3, 0.4) is 0 Å². The second kappa shape index (κ2) is 5.11. The zero-order valence-corrected chi connectivity index (χ0v) is 11.4. The highest BCUT2D eigenvalue weighted by Crippen LogP contribution is 2.38. The molecule has 0 bridgehead atoms. The second-order valence-electron chi connectivity index (χ2n) is 5.38. The molecule has 1 aliphatic heterocycles. The fourth-order valence-corrected chi connectivity index (χ4v) is 2.99. The van der Waals surface area contributed by atoms with Crippen molar-refractivity contribution >= 4 is 5.78 Å². The van der Waals surface area contributed by atoms with E-state index in [1.165, 1.54) is 5.56 Å². The van der Waals surface area contributed by atoms with Gasteiger partial charge in [-0.15, -0.1) is 0 Å². The van der Waals surface area contributed by atoms with Gasteiger partial charge < -0.3 is 9.64 Å². The quantitative estimate of drug-likeness (QED) is 0.817. The largest absolute Gasteiger partial charge is 0.497 e. The standard InChI is InChI=1S/C15H21NO2/c1-12(17)10-15(7-8-16(2)11-15)13-5-4-6-14(9-13)18-3/h4-6,9H,7-8,10-11H2,1-3H3. The highest BCUT2D eigenvalue weighted by Gasteiger charge is 2.39. The number of benzene rings is 1. The maximum Gasteiger partial charge on any atom is 0.130 e. The SMILES string of the molecule is COc1cccc(C2(CC(C)=O)CCN(C)C2)c1. The van der Waals surface area contributed by atoms with E-state index in [4.69, 9.17) is 4.74 Å². The average molecular weight is 247 g/mol. The molecule has 0 amide bonds. The van der Waals surface area contributed by atoms with Gasteiger partial charge in [-0.05, 0) is 44.6 Å². The van der Waals surface area contributed by atoms with E-state index in [1.807, 2.05) is 12.1 Å². The molecule has 0 aliphatic carbocycles. The summed E-state index contributed by atoms with van der Waals surface area (Å²) in [6.07, 6.45) is 1.65. The van der Waals surface area contributed by atoms with Gasteiger partial charge in [-0.25, -0.2) is 0 Å². The van der Waals surface area contributed by atoms with Crippen LogP contribution in [0.4, 0.5) is 0 Å². The third kappa shape index (κ3) is 2.56. The molecule has 3 heteroatoms. The van der Waals surface area contributed by atoms with Crippen LogP contribution >= 0.6 is 0 Å². The van der Waals surface area contributed by atoms with Crippen LogP contribution < -0.4 is 4.74 Å². The maximum atomic E-state index is 11.6. The Morgan fingerprint density at radius 1 is 1.50 bits per heavy atom. The smallest absolute Gasteiger partial charge is 0.130 e. The first kappa shape index (κ1) is 13.1. The number of carbonyl (C=O) groups is 1. The Morgan fingerprint density at radius 2 is 2.28 bits per heavy atom. The van der Waals surface area contributed by atoms with Gasteiger partial charge in [0.2, 0.25) is 0 Å². The third-order valence-corrected chi connectivity index (χ3v) is 3.81. The summed E-state index contributed by atoms with van der Waals surface area (Å²) in [5.74, 6) is 1.12. The molecule has 18 heavy (non-hydrogen) atoms. The second-order valence-corrected chi connectivity index (χ2v) is 5.38. The number of carbonyl (C=O) groups excluding carboxylic acids is 1. The lowest BCUT2D eigenvalue weighted by Gasteiger charge is -2.29. The average Bonchev–Trinajstić information content (AvgIpc) is 2.71. The number of likely N-dealkylation sites (tertiary alicyclic amines) is 1. The zero-order chi connectivity index (χ0) is 13.2. The van der Waals surface area contributed by atoms with Crippen molar-refractivity contribution in [1.29, 1.82) is 0 Å². The summed E-state index contributed by atoms with van der Waals surface area (Å²) in [6.45, 7) is 3.67. The Morgan fingerprint density at radius 3 is 2.83 bits per heavy atom. The van der Waals surface area contributed by atoms with Gasteiger partial charge in [-0.2, -0.15) is 0 Å². The topological polar surface area (TPSA) is 29.5 Å². The Labute approximate surface area is 109 Å². The number of nitrogens with zero attached hydrogens (tertiary/aromatic N) is 1. The molecule has 0 aromatic heterocycles. The molecule has 1 saturated heterocycles. The molecule has 1 aliphatic rings. The molecule has 1 aromatic carbocycles. The molecule has 1 fully saturated rings. The van der Waals surface area contributed by atoms with Crippen molar-refractivity contribution in [3.8, 4) is 5.75 Å². The number of hydrogen-bond acceptors (Lipinski definition) is 3. The van der Waals surface area contributed by atoms with Gasteiger partial charge in [0.25, 0.3) is 0 Å². The number of methoxy groups -OCH3 is 1. The molecule has 0 saturated carbocycles. The predicted octanol–water partition coefficient (Wildman–Crippen LogP) is 2.25. The van der Waals surface area contributed by atoms with Crippen molar-refractivity contribution in [3.05, 3.63) is 29.8 Å². The molecular formula is C15H21NO2. The van der Waals surface area contributed by atoms with Crippen LogP contribution in [0.15, 0.2) is 24.3 Å². The van der Waals surface area contributed by atoms with Crippen LogP contribution in [-0.4, -0.2) is 37.9 Å². The summed E-state index contributed by atoms with van der Waals surface area (Å²) in [4.78, 5) is 13.9. The first-order valence-electron chi connectivity index (χ1n) is 6.38. The van der Waals surface area contributed by atoms with E-state index in [1.54, 1.807) is 14.0 Å². The van der Waals surface area contributed by atoms with E-state index in [9.17, 15) is 4.79 Å². The maximum absolute atomic E-state index is 11.6. The summed E-state index contributed by atoms with van der Waals surface area (Å²) in [7, 11) is 3.79. The number of Topliss-reactive ketones (excluding diaryl/α,β-unsaturated/α-hetero) is 1. The van der Waals surface area contributed by atoms with E-state index in [2.05, 4.69) is 24.1 Å². The molecule has 1 unspecified atom stereocenters. The Balaban J connectivity index is 2.36. The van der Waals surface area contributed by atoms with E-state index in [0.29, 0.717) is 6.42 Å². The molecule has 2 rings (SSSR count). The monoisotopic (exact) mass is 247 g/mol. The van der Waals surface area contributed by atoms with Crippen molar-refractivity contribution in [2.24, 2.45) is 0 Å². The minimum atomic E-state index is -0.0326. The molecule has 3 nitrogen and oxygen atoms in total. The first-order valence-corrected chi connectivity index (χ1v) is 6.38. The Bertz CT molecular complexity index is 444. The summed E-state index contributed by atoms with van der Waals surface area (Å²) in [6, 6.07) is 8.14. The minimum absolute atomic E-state index is 0.0326. The van der Waals surface area contributed by atoms with Gasteiger partial charge in [0.15, 0.2) is 0 Å². The fourth-order valence-electron chi connectivity index (χ4n) is 2.99. The van der Waals surface area contributed by atoms with Crippen LogP contribution in [0, 0.1) is 0 Å². The van der Waals surface area contributed by atoms with Crippen LogP contribution in [0.25, 0.3) is 0 Å². The van der Waals surface area contributed by atoms with E-state index >= 15 is 0 Å². The number of likely N-dealkylation sites (N-methyl/N-ethyl adjacent to an activating group) is 1. The highest BCUT2D eigenvalue weighted by molar-refractivity contribution is 5.77. The summed E-state index contributed by atoms with van der Waals surface area (Å²) < 4.78 is 5.29. The first-order chi connectivity index (χ1) is 8.55. The summed E-state index contributed by atoms with van der Waals surface area (Å²) in [5.41, 5.74) is 1.19. The van der Waals surface area contributed by atoms with Gasteiger partial charge in [0.05, 0.1) is 7.11 Å². The molecule has 0 radical (unpaired) electrons. The number of rotatable bonds is 4. The van der Waals surface area contributed by atoms with Gasteiger partial charge in [-0.1, -0.05) is 12.1 Å². The summed E-state index contributed by atoms with van der Waals surface area (Å²) >= 11 is 0. The molecule has 98 valence electrons. The van der Waals surface area contributed by atoms with Crippen LogP contribution in [-0.2, 0) is 10.2 Å². The van der Waals surface area contributed by atoms with Crippen LogP contribution in [0.1, 0.15) is 25.3 Å². The molecular weight excluding hydrogens is 226 g/mol. The minimum Gasteiger partial charge on any atom is -0.497 e. The third-order valence-electron chi connectivity index (χ3n) is 3.81. The van der Waals surface area contributed by atoms with Crippen molar-refractivity contribution < 1.29 is 9.53 Å². The molecule has 1 aromatic rings. The van der Waals surface area contributed by atoms with Crippen LogP contribution in [0.5, 0.6) is 5.75 Å². The lowest BCUT2D eigenvalue weighted by atomic mass is 9.76. The van der Waals surface area contributed by atoms with Crippen LogP contribution in [0.2, 0.25) is 0 Å². The van der Waals surface area contributed by atoms with Gasteiger partial charge in [0.1, 0.15) is 11.5 Å². The Hall–Kier alpha value is -1.35. The fraction of sp³-hybridized carbons (Fsp3) is 0.533. The van der Waals surface area contributed by atoms with E-state index < -0.39 is 0 Å². The highest BCUT2D eigenvalue weighted by atomic mass is 16.5. The lowest BCUT2D eigenvalue weighted by Crippen LogP contribution is -2.31. The number of hydrogen-bond donors (Lipinski definition) is 0. The van der Waals surface area contributed by atoms with Gasteiger partial charge in [-0.3, -0.25) is 4.79 Å². The van der Waals surface area contributed by atoms with Crippen molar-refractivity contribution in [3.63, 3.8) is 0 Å². The molecule has 1 heterocycles. The van der Waals surface area contributed by atoms with Gasteiger partial charge >= 0.3 is 0 Å². The zero-order valence-electron chi connectivity index (χ0n) is 11.4. The summed E-state index contributed by atoms with van der Waals surface area (Å²) in [5, 5.41) is 0. The van der Waals surface area contributed by atoms with Crippen molar-refractivity contribution in [2.45, 2.75) is 25.2 Å². The number of ketones is 1. The van der Waals surface area contributed by atoms with E-state index in [0.717, 1.165) is 25.3 Å². The van der Waals surface area contributed by atoms with Crippen molar-refractivity contribution in [2.75, 3.05) is 27.2 Å². The van der Waals surface area contributed by atoms with Gasteiger partial charge in [0, 0.05) is 18.4 Å². The molecule has 0 N–H and O–H groups in total. The lowest BCUT2D eigenvalue weighted by molar-refractivity contribution is -0.118. The van der Waals surface area contributed by atoms with E-state index in [-0.39, 0.29) is 11.2 Å². The Kier molecular flexibility index (Phi) is 3.71. The molecule has 0 spiro atoms. The predicted molar refractivity (Wildman–Crippen MR) is 72.1 cm³/mol. The normalized spacial score (nSPS) is 24.2. The van der Waals surface area contributed by atoms with Crippen molar-refractivity contribution in [1.82, 2.24) is 4.90 Å².